The van der Waals surface area contributed by atoms with Gasteiger partial charge in [-0.05, 0) is 84.5 Å². The average Bonchev–Trinajstić information content (AvgIpc) is 3.74. The summed E-state index contributed by atoms with van der Waals surface area (Å²) in [5.41, 5.74) is 0. The summed E-state index contributed by atoms with van der Waals surface area (Å²) in [6.07, 6.45) is 20.2. The zero-order chi connectivity index (χ0) is 31.3. The van der Waals surface area contributed by atoms with Crippen molar-refractivity contribution >= 4 is 0 Å². The first-order valence-electron chi connectivity index (χ1n) is 18.6. The summed E-state index contributed by atoms with van der Waals surface area (Å²) in [5, 5.41) is 20.2. The van der Waals surface area contributed by atoms with E-state index in [1.165, 1.54) is 57.8 Å². The molecule has 0 spiro atoms. The third kappa shape index (κ3) is 16.4. The smallest absolute Gasteiger partial charge is 0.393 e. The summed E-state index contributed by atoms with van der Waals surface area (Å²) in [4.78, 5) is 0. The van der Waals surface area contributed by atoms with Gasteiger partial charge in [-0.15, -0.1) is 0 Å². The second-order valence-corrected chi connectivity index (χ2v) is 14.4. The molecule has 5 rings (SSSR count). The number of hydrogen-bond donors (Lipinski definition) is 2. The van der Waals surface area contributed by atoms with Gasteiger partial charge in [-0.1, -0.05) is 58.8 Å². The minimum Gasteiger partial charge on any atom is -0.393 e. The van der Waals surface area contributed by atoms with Crippen molar-refractivity contribution in [2.24, 2.45) is 5.92 Å². The molecule has 47 heavy (non-hydrogen) atoms. The second kappa shape index (κ2) is 24.4. The van der Waals surface area contributed by atoms with Gasteiger partial charge in [0.2, 0.25) is 0 Å². The van der Waals surface area contributed by atoms with E-state index in [2.05, 4.69) is 20.8 Å². The average molecular weight is 713 g/mol. The van der Waals surface area contributed by atoms with Crippen LogP contribution in [0.2, 0.25) is 0 Å². The molecule has 2 aliphatic carbocycles. The normalized spacial score (nSPS) is 35.7. The van der Waals surface area contributed by atoms with Crippen LogP contribution in [0.25, 0.3) is 0 Å². The van der Waals surface area contributed by atoms with Gasteiger partial charge in [0.25, 0.3) is 0 Å². The minimum absolute atomic E-state index is 0. The van der Waals surface area contributed by atoms with Crippen LogP contribution >= 0.6 is 0 Å². The molecule has 0 radical (unpaired) electrons. The SMILES string of the molecule is C1CCCC1.CCC(O)CC(O)CC1CC(C)OC(CCCC2OC(CC)CC(CC3CC(C)OC(C4CCCC4)O3)O2)O1.[CH3-].[CH3-].[Fe+2]. The van der Waals surface area contributed by atoms with E-state index in [1.54, 1.807) is 0 Å². The molecule has 11 unspecified atom stereocenters. The van der Waals surface area contributed by atoms with Crippen LogP contribution in [0.1, 0.15) is 156 Å². The molecule has 0 amide bonds. The molecule has 2 N–H and O–H groups in total. The molecule has 2 saturated carbocycles. The fourth-order valence-electron chi connectivity index (χ4n) is 7.74. The molecule has 0 aromatic rings. The van der Waals surface area contributed by atoms with E-state index >= 15 is 0 Å². The summed E-state index contributed by atoms with van der Waals surface area (Å²) in [5.74, 6) is 0.541. The van der Waals surface area contributed by atoms with E-state index in [0.29, 0.717) is 25.2 Å². The fourth-order valence-corrected chi connectivity index (χ4v) is 7.74. The van der Waals surface area contributed by atoms with Crippen LogP contribution in [-0.4, -0.2) is 77.9 Å². The molecule has 9 heteroatoms. The predicted molar refractivity (Wildman–Crippen MR) is 184 cm³/mol. The van der Waals surface area contributed by atoms with Crippen LogP contribution < -0.4 is 0 Å². The standard InChI is InChI=1S/C31H56O8.C5H10.2CH3.Fe/c1-5-23(32)16-24(33)17-26-14-20(3)34-29(37-26)12-9-13-30-36-25(6-2)18-28(38-30)19-27-15-21(4)35-31(39-27)22-10-7-8-11-22;1-2-4-5-3-1;;;/h20-33H,5-19H2,1-4H3;1-5H2;2*1H3;/q;;2*-1;+2. The summed E-state index contributed by atoms with van der Waals surface area (Å²) in [6.45, 7) is 8.36. The predicted octanol–water partition coefficient (Wildman–Crippen LogP) is 8.45. The number of ether oxygens (including phenoxy) is 6. The van der Waals surface area contributed by atoms with Crippen molar-refractivity contribution in [2.45, 2.75) is 224 Å². The monoisotopic (exact) mass is 712 g/mol. The van der Waals surface area contributed by atoms with Gasteiger partial charge < -0.3 is 53.5 Å². The van der Waals surface area contributed by atoms with E-state index in [0.717, 1.165) is 51.4 Å². The molecule has 3 aliphatic heterocycles. The van der Waals surface area contributed by atoms with Crippen molar-refractivity contribution in [3.05, 3.63) is 14.9 Å². The van der Waals surface area contributed by atoms with Crippen LogP contribution in [-0.2, 0) is 45.5 Å². The first-order chi connectivity index (χ1) is 21.3. The Morgan fingerprint density at radius 1 is 0.617 bits per heavy atom. The maximum Gasteiger partial charge on any atom is 2.00 e. The quantitative estimate of drug-likeness (QED) is 0.145. The molecule has 11 atom stereocenters. The first kappa shape index (κ1) is 45.2. The van der Waals surface area contributed by atoms with Crippen molar-refractivity contribution in [3.63, 3.8) is 0 Å². The van der Waals surface area contributed by atoms with Gasteiger partial charge in [-0.25, -0.2) is 0 Å². The molecule has 0 bridgehead atoms. The van der Waals surface area contributed by atoms with Crippen LogP contribution in [0, 0.1) is 20.8 Å². The molecular weight excluding hydrogens is 640 g/mol. The summed E-state index contributed by atoms with van der Waals surface area (Å²) >= 11 is 0. The Hall–Kier alpha value is 0.199. The van der Waals surface area contributed by atoms with Crippen molar-refractivity contribution in [1.82, 2.24) is 0 Å². The Bertz CT molecular complexity index is 758. The number of aliphatic hydroxyl groups is 2. The molecular formula is C38H72FeO8. The summed E-state index contributed by atoms with van der Waals surface area (Å²) in [7, 11) is 0. The van der Waals surface area contributed by atoms with Crippen LogP contribution in [0.5, 0.6) is 0 Å². The molecule has 8 nitrogen and oxygen atoms in total. The van der Waals surface area contributed by atoms with Crippen molar-refractivity contribution in [2.75, 3.05) is 0 Å². The van der Waals surface area contributed by atoms with Crippen LogP contribution in [0.4, 0.5) is 0 Å². The van der Waals surface area contributed by atoms with Gasteiger partial charge in [-0.2, -0.15) is 0 Å². The van der Waals surface area contributed by atoms with Gasteiger partial charge in [-0.3, -0.25) is 0 Å². The third-order valence-corrected chi connectivity index (χ3v) is 10.3. The molecule has 5 aliphatic rings. The Morgan fingerprint density at radius 3 is 1.77 bits per heavy atom. The molecule has 5 fully saturated rings. The Kier molecular flexibility index (Phi) is 23.5. The zero-order valence-electron chi connectivity index (χ0n) is 30.8. The van der Waals surface area contributed by atoms with Gasteiger partial charge in [0, 0.05) is 18.8 Å². The van der Waals surface area contributed by atoms with E-state index in [4.69, 9.17) is 28.4 Å². The second-order valence-electron chi connectivity index (χ2n) is 14.4. The Morgan fingerprint density at radius 2 is 1.15 bits per heavy atom. The summed E-state index contributed by atoms with van der Waals surface area (Å²) in [6, 6.07) is 0. The van der Waals surface area contributed by atoms with Crippen molar-refractivity contribution < 1.29 is 55.7 Å². The Labute approximate surface area is 299 Å². The largest absolute Gasteiger partial charge is 2.00 e. The molecule has 3 saturated heterocycles. The maximum atomic E-state index is 10.4. The fraction of sp³-hybridized carbons (Fsp3) is 0.947. The van der Waals surface area contributed by atoms with Gasteiger partial charge >= 0.3 is 17.1 Å². The van der Waals surface area contributed by atoms with Crippen LogP contribution in [0.15, 0.2) is 0 Å². The number of hydrogen-bond acceptors (Lipinski definition) is 8. The first-order valence-corrected chi connectivity index (χ1v) is 18.6. The zero-order valence-corrected chi connectivity index (χ0v) is 31.9. The minimum atomic E-state index is -0.556. The molecule has 0 aromatic carbocycles. The Balaban J connectivity index is 0.00000126. The maximum absolute atomic E-state index is 10.4. The summed E-state index contributed by atoms with van der Waals surface area (Å²) < 4.78 is 37.6. The van der Waals surface area contributed by atoms with E-state index in [1.807, 2.05) is 6.92 Å². The topological polar surface area (TPSA) is 95.8 Å². The van der Waals surface area contributed by atoms with E-state index in [-0.39, 0.29) is 87.4 Å². The van der Waals surface area contributed by atoms with Crippen molar-refractivity contribution in [3.8, 4) is 0 Å². The number of rotatable bonds is 13. The van der Waals surface area contributed by atoms with Gasteiger partial charge in [0.1, 0.15) is 0 Å². The van der Waals surface area contributed by atoms with E-state index < -0.39 is 12.2 Å². The third-order valence-electron chi connectivity index (χ3n) is 10.3. The molecule has 0 aromatic heterocycles. The van der Waals surface area contributed by atoms with E-state index in [9.17, 15) is 10.2 Å². The number of aliphatic hydroxyl groups excluding tert-OH is 2. The van der Waals surface area contributed by atoms with Crippen molar-refractivity contribution in [1.29, 1.82) is 0 Å². The molecule has 3 heterocycles. The van der Waals surface area contributed by atoms with Gasteiger partial charge in [0.15, 0.2) is 18.9 Å². The van der Waals surface area contributed by atoms with Gasteiger partial charge in [0.05, 0.1) is 48.8 Å². The van der Waals surface area contributed by atoms with Crippen LogP contribution in [0.3, 0.4) is 0 Å². The molecule has 280 valence electrons.